The van der Waals surface area contributed by atoms with Crippen LogP contribution in [-0.2, 0) is 6.42 Å². The highest BCUT2D eigenvalue weighted by molar-refractivity contribution is 7.13. The predicted molar refractivity (Wildman–Crippen MR) is 90.2 cm³/mol. The Balaban J connectivity index is 1.55. The van der Waals surface area contributed by atoms with Gasteiger partial charge in [-0.15, -0.1) is 11.3 Å². The number of amides is 1. The number of nitrogens with zero attached hydrogens (tertiary/aromatic N) is 2. The van der Waals surface area contributed by atoms with Gasteiger partial charge in [0.05, 0.1) is 11.2 Å². The van der Waals surface area contributed by atoms with Crippen LogP contribution in [0.2, 0.25) is 0 Å². The van der Waals surface area contributed by atoms with Crippen molar-refractivity contribution >= 4 is 17.2 Å². The second-order valence-electron chi connectivity index (χ2n) is 6.17. The summed E-state index contributed by atoms with van der Waals surface area (Å²) in [6.07, 6.45) is 5.87. The summed E-state index contributed by atoms with van der Waals surface area (Å²) in [5.41, 5.74) is 1.16. The molecule has 1 fully saturated rings. The standard InChI is InChI=1S/C18H21FN2OS/c1-13-20-11-17(23-13)18(22)21-10-2-3-15(12-21)5-4-14-6-8-16(19)9-7-14/h6-9,11,15H,2-5,10,12H2,1H3. The summed E-state index contributed by atoms with van der Waals surface area (Å²) in [5.74, 6) is 0.442. The molecule has 1 aliphatic heterocycles. The maximum Gasteiger partial charge on any atom is 0.265 e. The van der Waals surface area contributed by atoms with E-state index in [4.69, 9.17) is 0 Å². The molecule has 1 amide bonds. The van der Waals surface area contributed by atoms with Gasteiger partial charge in [-0.05, 0) is 56.2 Å². The van der Waals surface area contributed by atoms with E-state index in [1.54, 1.807) is 6.20 Å². The molecule has 3 rings (SSSR count). The minimum absolute atomic E-state index is 0.113. The van der Waals surface area contributed by atoms with Gasteiger partial charge in [0.15, 0.2) is 0 Å². The minimum Gasteiger partial charge on any atom is -0.338 e. The van der Waals surface area contributed by atoms with E-state index in [1.807, 2.05) is 24.0 Å². The third-order valence-corrected chi connectivity index (χ3v) is 5.29. The van der Waals surface area contributed by atoms with E-state index in [1.165, 1.54) is 23.5 Å². The van der Waals surface area contributed by atoms with Gasteiger partial charge in [0, 0.05) is 13.1 Å². The highest BCUT2D eigenvalue weighted by Crippen LogP contribution is 2.24. The topological polar surface area (TPSA) is 33.2 Å². The smallest absolute Gasteiger partial charge is 0.265 e. The van der Waals surface area contributed by atoms with Gasteiger partial charge in [-0.1, -0.05) is 12.1 Å². The van der Waals surface area contributed by atoms with Crippen LogP contribution in [0.25, 0.3) is 0 Å². The van der Waals surface area contributed by atoms with Crippen molar-refractivity contribution in [2.45, 2.75) is 32.6 Å². The van der Waals surface area contributed by atoms with Crippen molar-refractivity contribution in [2.24, 2.45) is 5.92 Å². The average Bonchev–Trinajstić information content (AvgIpc) is 3.00. The number of carbonyl (C=O) groups is 1. The molecular formula is C18H21FN2OS. The summed E-state index contributed by atoms with van der Waals surface area (Å²) in [4.78, 5) is 19.4. The van der Waals surface area contributed by atoms with Crippen LogP contribution in [0.1, 0.15) is 39.5 Å². The molecule has 0 saturated carbocycles. The Morgan fingerprint density at radius 3 is 2.87 bits per heavy atom. The molecule has 1 unspecified atom stereocenters. The second-order valence-corrected chi connectivity index (χ2v) is 7.40. The number of likely N-dealkylation sites (tertiary alicyclic amines) is 1. The number of hydrogen-bond donors (Lipinski definition) is 0. The van der Waals surface area contributed by atoms with Crippen molar-refractivity contribution in [3.05, 3.63) is 51.7 Å². The molecule has 0 spiro atoms. The van der Waals surface area contributed by atoms with Gasteiger partial charge in [-0.3, -0.25) is 4.79 Å². The molecule has 1 atom stereocenters. The molecular weight excluding hydrogens is 311 g/mol. The first-order valence-corrected chi connectivity index (χ1v) is 8.89. The minimum atomic E-state index is -0.192. The molecule has 1 aromatic heterocycles. The van der Waals surface area contributed by atoms with Crippen molar-refractivity contribution in [1.29, 1.82) is 0 Å². The SMILES string of the molecule is Cc1ncc(C(=O)N2CCCC(CCc3ccc(F)cc3)C2)s1. The van der Waals surface area contributed by atoms with E-state index in [0.717, 1.165) is 54.2 Å². The van der Waals surface area contributed by atoms with Crippen molar-refractivity contribution in [3.8, 4) is 0 Å². The lowest BCUT2D eigenvalue weighted by Gasteiger charge is -2.32. The monoisotopic (exact) mass is 332 g/mol. The Hall–Kier alpha value is -1.75. The highest BCUT2D eigenvalue weighted by atomic mass is 32.1. The maximum atomic E-state index is 12.9. The average molecular weight is 332 g/mol. The zero-order valence-corrected chi connectivity index (χ0v) is 14.1. The van der Waals surface area contributed by atoms with Crippen LogP contribution in [0.3, 0.4) is 0 Å². The van der Waals surface area contributed by atoms with Gasteiger partial charge >= 0.3 is 0 Å². The van der Waals surface area contributed by atoms with Gasteiger partial charge in [0.1, 0.15) is 10.7 Å². The lowest BCUT2D eigenvalue weighted by atomic mass is 9.91. The molecule has 1 saturated heterocycles. The number of aryl methyl sites for hydroxylation is 2. The Morgan fingerprint density at radius 2 is 2.17 bits per heavy atom. The van der Waals surface area contributed by atoms with E-state index >= 15 is 0 Å². The van der Waals surface area contributed by atoms with Gasteiger partial charge < -0.3 is 4.90 Å². The lowest BCUT2D eigenvalue weighted by molar-refractivity contribution is 0.0673. The fourth-order valence-corrected chi connectivity index (χ4v) is 3.87. The first-order chi connectivity index (χ1) is 11.1. The van der Waals surface area contributed by atoms with Gasteiger partial charge in [0.25, 0.3) is 5.91 Å². The molecule has 122 valence electrons. The van der Waals surface area contributed by atoms with E-state index in [-0.39, 0.29) is 11.7 Å². The molecule has 0 N–H and O–H groups in total. The zero-order chi connectivity index (χ0) is 16.2. The third-order valence-electron chi connectivity index (χ3n) is 4.39. The van der Waals surface area contributed by atoms with Gasteiger partial charge in [-0.2, -0.15) is 0 Å². The highest BCUT2D eigenvalue weighted by Gasteiger charge is 2.25. The van der Waals surface area contributed by atoms with E-state index in [2.05, 4.69) is 4.98 Å². The fourth-order valence-electron chi connectivity index (χ4n) is 3.12. The predicted octanol–water partition coefficient (Wildman–Crippen LogP) is 4.08. The van der Waals surface area contributed by atoms with Crippen molar-refractivity contribution < 1.29 is 9.18 Å². The summed E-state index contributed by atoms with van der Waals surface area (Å²) >= 11 is 1.46. The number of aromatic nitrogens is 1. The Morgan fingerprint density at radius 1 is 1.39 bits per heavy atom. The summed E-state index contributed by atoms with van der Waals surface area (Å²) in [5, 5.41) is 0.929. The number of rotatable bonds is 4. The molecule has 23 heavy (non-hydrogen) atoms. The number of thiazole rings is 1. The van der Waals surface area contributed by atoms with Crippen molar-refractivity contribution in [2.75, 3.05) is 13.1 Å². The Kier molecular flexibility index (Phi) is 5.06. The lowest BCUT2D eigenvalue weighted by Crippen LogP contribution is -2.39. The van der Waals surface area contributed by atoms with Crippen LogP contribution < -0.4 is 0 Å². The Labute approximate surface area is 140 Å². The molecule has 2 aromatic rings. The van der Waals surface area contributed by atoms with E-state index < -0.39 is 0 Å². The van der Waals surface area contributed by atoms with E-state index in [9.17, 15) is 9.18 Å². The van der Waals surface area contributed by atoms with E-state index in [0.29, 0.717) is 5.92 Å². The molecule has 5 heteroatoms. The quantitative estimate of drug-likeness (QED) is 0.845. The summed E-state index contributed by atoms with van der Waals surface area (Å²) in [6, 6.07) is 6.72. The number of hydrogen-bond acceptors (Lipinski definition) is 3. The molecule has 0 bridgehead atoms. The van der Waals surface area contributed by atoms with Crippen LogP contribution in [0.4, 0.5) is 4.39 Å². The van der Waals surface area contributed by atoms with Crippen LogP contribution in [0.15, 0.2) is 30.5 Å². The maximum absolute atomic E-state index is 12.9. The van der Waals surface area contributed by atoms with Crippen molar-refractivity contribution in [1.82, 2.24) is 9.88 Å². The van der Waals surface area contributed by atoms with Crippen LogP contribution in [0, 0.1) is 18.7 Å². The van der Waals surface area contributed by atoms with Crippen molar-refractivity contribution in [3.63, 3.8) is 0 Å². The first-order valence-electron chi connectivity index (χ1n) is 8.08. The molecule has 2 heterocycles. The molecule has 1 aliphatic rings. The second kappa shape index (κ2) is 7.21. The van der Waals surface area contributed by atoms with Gasteiger partial charge in [0.2, 0.25) is 0 Å². The number of carbonyl (C=O) groups excluding carboxylic acids is 1. The summed E-state index contributed by atoms with van der Waals surface area (Å²) in [6.45, 7) is 3.57. The van der Waals surface area contributed by atoms with Crippen LogP contribution in [-0.4, -0.2) is 28.9 Å². The molecule has 1 aromatic carbocycles. The molecule has 3 nitrogen and oxygen atoms in total. The third kappa shape index (κ3) is 4.16. The number of halogens is 1. The summed E-state index contributed by atoms with van der Waals surface area (Å²) in [7, 11) is 0. The van der Waals surface area contributed by atoms with Gasteiger partial charge in [-0.25, -0.2) is 9.37 Å². The molecule has 0 radical (unpaired) electrons. The summed E-state index contributed by atoms with van der Waals surface area (Å²) < 4.78 is 12.9. The number of piperidine rings is 1. The largest absolute Gasteiger partial charge is 0.338 e. The van der Waals surface area contributed by atoms with Crippen LogP contribution >= 0.6 is 11.3 Å². The number of benzene rings is 1. The zero-order valence-electron chi connectivity index (χ0n) is 13.3. The first kappa shape index (κ1) is 16.1. The fraction of sp³-hybridized carbons (Fsp3) is 0.444. The normalized spacial score (nSPS) is 18.2. The van der Waals surface area contributed by atoms with Crippen LogP contribution in [0.5, 0.6) is 0 Å². The molecule has 0 aliphatic carbocycles. The Bertz CT molecular complexity index is 668.